The van der Waals surface area contributed by atoms with Crippen LogP contribution in [0.15, 0.2) is 72.8 Å². The summed E-state index contributed by atoms with van der Waals surface area (Å²) in [5.41, 5.74) is 3.57. The third-order valence-electron chi connectivity index (χ3n) is 5.46. The molecular formula is C25H21N3O3. The maximum atomic E-state index is 12.9. The molecule has 2 heterocycles. The summed E-state index contributed by atoms with van der Waals surface area (Å²) in [6.45, 7) is 2.65. The highest BCUT2D eigenvalue weighted by atomic mass is 16.5. The van der Waals surface area contributed by atoms with E-state index in [2.05, 4.69) is 22.5 Å². The lowest BCUT2D eigenvalue weighted by molar-refractivity contribution is 0.0936. The van der Waals surface area contributed by atoms with Gasteiger partial charge in [-0.1, -0.05) is 31.2 Å². The average molecular weight is 411 g/mol. The average Bonchev–Trinajstić information content (AvgIpc) is 3.17. The van der Waals surface area contributed by atoms with Crippen LogP contribution in [-0.2, 0) is 0 Å². The van der Waals surface area contributed by atoms with Crippen LogP contribution in [0, 0.1) is 0 Å². The Balaban J connectivity index is 1.40. The molecule has 4 aromatic rings. The summed E-state index contributed by atoms with van der Waals surface area (Å²) >= 11 is 0. The van der Waals surface area contributed by atoms with E-state index in [0.717, 1.165) is 22.2 Å². The lowest BCUT2D eigenvalue weighted by Crippen LogP contribution is -2.33. The monoisotopic (exact) mass is 411 g/mol. The molecule has 1 aromatic heterocycles. The fourth-order valence-corrected chi connectivity index (χ4v) is 3.95. The molecule has 3 N–H and O–H groups in total. The number of hydrogen-bond acceptors (Lipinski definition) is 3. The number of ether oxygens (including phenoxy) is 1. The van der Waals surface area contributed by atoms with Crippen LogP contribution >= 0.6 is 0 Å². The molecule has 5 rings (SSSR count). The molecule has 0 spiro atoms. The van der Waals surface area contributed by atoms with Gasteiger partial charge < -0.3 is 20.4 Å². The Morgan fingerprint density at radius 2 is 1.81 bits per heavy atom. The summed E-state index contributed by atoms with van der Waals surface area (Å²) in [5.74, 6) is 1.21. The first kappa shape index (κ1) is 18.9. The molecule has 1 unspecified atom stereocenters. The zero-order chi connectivity index (χ0) is 21.4. The first-order valence-electron chi connectivity index (χ1n) is 10.2. The van der Waals surface area contributed by atoms with Gasteiger partial charge in [-0.25, -0.2) is 0 Å². The Bertz CT molecular complexity index is 1290. The molecule has 0 fully saturated rings. The van der Waals surface area contributed by atoms with Gasteiger partial charge in [0.2, 0.25) is 0 Å². The Morgan fingerprint density at radius 1 is 1.00 bits per heavy atom. The molecule has 1 atom stereocenters. The maximum Gasteiger partial charge on any atom is 0.268 e. The standard InChI is InChI=1S/C25H21N3O3/c1-15-14-26-25(30)23-22(15)20-12-16(10-11-21(20)28-23)24(29)27-17-6-5-9-19(13-17)31-18-7-3-2-4-8-18/h2-13,15,28H,14H2,1H3,(H,26,30)(H,27,29). The summed E-state index contributed by atoms with van der Waals surface area (Å²) in [6.07, 6.45) is 0. The number of carbonyl (C=O) groups excluding carboxylic acids is 2. The fraction of sp³-hybridized carbons (Fsp3) is 0.120. The molecule has 154 valence electrons. The number of H-pyrrole nitrogens is 1. The van der Waals surface area contributed by atoms with Gasteiger partial charge in [-0.2, -0.15) is 0 Å². The van der Waals surface area contributed by atoms with Crippen LogP contribution in [-0.4, -0.2) is 23.3 Å². The van der Waals surface area contributed by atoms with Gasteiger partial charge >= 0.3 is 0 Å². The van der Waals surface area contributed by atoms with E-state index in [0.29, 0.717) is 29.2 Å². The van der Waals surface area contributed by atoms with Crippen molar-refractivity contribution in [1.82, 2.24) is 10.3 Å². The maximum absolute atomic E-state index is 12.9. The van der Waals surface area contributed by atoms with Gasteiger partial charge in [0.1, 0.15) is 17.2 Å². The van der Waals surface area contributed by atoms with Gasteiger partial charge in [0.05, 0.1) is 0 Å². The second kappa shape index (κ2) is 7.65. The number of nitrogens with one attached hydrogen (secondary N) is 3. The zero-order valence-corrected chi connectivity index (χ0v) is 16.9. The number of carbonyl (C=O) groups is 2. The minimum Gasteiger partial charge on any atom is -0.457 e. The zero-order valence-electron chi connectivity index (χ0n) is 16.9. The van der Waals surface area contributed by atoms with Crippen LogP contribution < -0.4 is 15.4 Å². The lowest BCUT2D eigenvalue weighted by atomic mass is 9.93. The smallest absolute Gasteiger partial charge is 0.268 e. The molecular weight excluding hydrogens is 390 g/mol. The van der Waals surface area contributed by atoms with Crippen molar-refractivity contribution in [2.24, 2.45) is 0 Å². The van der Waals surface area contributed by atoms with E-state index in [-0.39, 0.29) is 17.7 Å². The third kappa shape index (κ3) is 3.64. The number of benzene rings is 3. The van der Waals surface area contributed by atoms with Crippen LogP contribution in [0.5, 0.6) is 11.5 Å². The summed E-state index contributed by atoms with van der Waals surface area (Å²) in [6, 6.07) is 22.2. The largest absolute Gasteiger partial charge is 0.457 e. The highest BCUT2D eigenvalue weighted by Gasteiger charge is 2.27. The topological polar surface area (TPSA) is 83.2 Å². The van der Waals surface area contributed by atoms with E-state index in [1.807, 2.05) is 60.7 Å². The van der Waals surface area contributed by atoms with Gasteiger partial charge in [0.25, 0.3) is 11.8 Å². The number of para-hydroxylation sites is 1. The van der Waals surface area contributed by atoms with E-state index >= 15 is 0 Å². The van der Waals surface area contributed by atoms with Gasteiger partial charge in [0.15, 0.2) is 0 Å². The first-order chi connectivity index (χ1) is 15.1. The van der Waals surface area contributed by atoms with Crippen LogP contribution in [0.1, 0.15) is 39.3 Å². The lowest BCUT2D eigenvalue weighted by Gasteiger charge is -2.19. The normalized spacial score (nSPS) is 15.3. The van der Waals surface area contributed by atoms with Crippen LogP contribution in [0.25, 0.3) is 10.9 Å². The molecule has 0 saturated heterocycles. The molecule has 6 nitrogen and oxygen atoms in total. The Hall–Kier alpha value is -4.06. The molecule has 31 heavy (non-hydrogen) atoms. The molecule has 2 amide bonds. The highest BCUT2D eigenvalue weighted by Crippen LogP contribution is 2.32. The Morgan fingerprint density at radius 3 is 2.65 bits per heavy atom. The van der Waals surface area contributed by atoms with E-state index in [1.165, 1.54) is 0 Å². The minimum atomic E-state index is -0.221. The number of rotatable bonds is 4. The van der Waals surface area contributed by atoms with E-state index < -0.39 is 0 Å². The van der Waals surface area contributed by atoms with Crippen molar-refractivity contribution in [3.05, 3.63) is 89.6 Å². The molecule has 3 aromatic carbocycles. The SMILES string of the molecule is CC1CNC(=O)c2[nH]c3ccc(C(=O)Nc4cccc(Oc5ccccc5)c4)cc3c21. The second-order valence-corrected chi connectivity index (χ2v) is 7.68. The molecule has 0 aliphatic carbocycles. The van der Waals surface area contributed by atoms with Crippen LogP contribution in [0.2, 0.25) is 0 Å². The van der Waals surface area contributed by atoms with E-state index in [9.17, 15) is 9.59 Å². The molecule has 0 radical (unpaired) electrons. The minimum absolute atomic E-state index is 0.106. The highest BCUT2D eigenvalue weighted by molar-refractivity contribution is 6.08. The van der Waals surface area contributed by atoms with Gasteiger partial charge in [-0.15, -0.1) is 0 Å². The van der Waals surface area contributed by atoms with Crippen molar-refractivity contribution >= 4 is 28.4 Å². The van der Waals surface area contributed by atoms with Crippen LogP contribution in [0.3, 0.4) is 0 Å². The van der Waals surface area contributed by atoms with Crippen molar-refractivity contribution in [1.29, 1.82) is 0 Å². The first-order valence-corrected chi connectivity index (χ1v) is 10.2. The predicted octanol–water partition coefficient (Wildman–Crippen LogP) is 5.06. The molecule has 0 bridgehead atoms. The molecule has 0 saturated carbocycles. The summed E-state index contributed by atoms with van der Waals surface area (Å²) in [4.78, 5) is 28.3. The second-order valence-electron chi connectivity index (χ2n) is 7.68. The quantitative estimate of drug-likeness (QED) is 0.439. The van der Waals surface area contributed by atoms with Gasteiger partial charge in [-0.3, -0.25) is 9.59 Å². The third-order valence-corrected chi connectivity index (χ3v) is 5.46. The molecule has 1 aliphatic heterocycles. The van der Waals surface area contributed by atoms with Crippen LogP contribution in [0.4, 0.5) is 5.69 Å². The van der Waals surface area contributed by atoms with Gasteiger partial charge in [0, 0.05) is 40.7 Å². The van der Waals surface area contributed by atoms with Crippen molar-refractivity contribution < 1.29 is 14.3 Å². The number of fused-ring (bicyclic) bond motifs is 3. The Labute approximate surface area is 179 Å². The van der Waals surface area contributed by atoms with Crippen molar-refractivity contribution in [3.8, 4) is 11.5 Å². The van der Waals surface area contributed by atoms with E-state index in [1.54, 1.807) is 12.1 Å². The summed E-state index contributed by atoms with van der Waals surface area (Å²) in [7, 11) is 0. The molecule has 1 aliphatic rings. The van der Waals surface area contributed by atoms with E-state index in [4.69, 9.17) is 4.74 Å². The molecule has 6 heteroatoms. The van der Waals surface area contributed by atoms with Gasteiger partial charge in [-0.05, 0) is 48.0 Å². The van der Waals surface area contributed by atoms with Crippen molar-refractivity contribution in [2.45, 2.75) is 12.8 Å². The number of amides is 2. The van der Waals surface area contributed by atoms with Crippen molar-refractivity contribution in [2.75, 3.05) is 11.9 Å². The number of aromatic amines is 1. The fourth-order valence-electron chi connectivity index (χ4n) is 3.95. The Kier molecular flexibility index (Phi) is 4.67. The number of hydrogen-bond donors (Lipinski definition) is 3. The predicted molar refractivity (Wildman–Crippen MR) is 120 cm³/mol. The summed E-state index contributed by atoms with van der Waals surface area (Å²) < 4.78 is 5.84. The number of anilines is 1. The number of aromatic nitrogens is 1. The van der Waals surface area contributed by atoms with Crippen molar-refractivity contribution in [3.63, 3.8) is 0 Å². The summed E-state index contributed by atoms with van der Waals surface area (Å²) in [5, 5.41) is 6.72.